The second kappa shape index (κ2) is 10.4. The van der Waals surface area contributed by atoms with Crippen LogP contribution in [-0.2, 0) is 11.4 Å². The van der Waals surface area contributed by atoms with E-state index in [-0.39, 0.29) is 17.9 Å². The van der Waals surface area contributed by atoms with Gasteiger partial charge in [0, 0.05) is 5.56 Å². The molecule has 3 aromatic carbocycles. The van der Waals surface area contributed by atoms with Gasteiger partial charge in [-0.3, -0.25) is 4.79 Å². The van der Waals surface area contributed by atoms with Gasteiger partial charge in [0.1, 0.15) is 24.1 Å². The van der Waals surface area contributed by atoms with E-state index < -0.39 is 11.7 Å². The predicted octanol–water partition coefficient (Wildman–Crippen LogP) is 4.83. The molecule has 0 aliphatic heterocycles. The third-order valence-electron chi connectivity index (χ3n) is 4.51. The highest BCUT2D eigenvalue weighted by atomic mass is 19.1. The van der Waals surface area contributed by atoms with Crippen LogP contribution in [0.4, 0.5) is 10.1 Å². The number of carbonyl (C=O) groups is 1. The molecule has 1 N–H and O–H groups in total. The lowest BCUT2D eigenvalue weighted by atomic mass is 10.1. The zero-order chi connectivity index (χ0) is 22.9. The molecule has 0 saturated carbocycles. The van der Waals surface area contributed by atoms with E-state index in [0.29, 0.717) is 22.6 Å². The number of nitrogens with zero attached hydrogens (tertiary/aromatic N) is 2. The molecule has 32 heavy (non-hydrogen) atoms. The van der Waals surface area contributed by atoms with Crippen LogP contribution in [0.1, 0.15) is 16.7 Å². The van der Waals surface area contributed by atoms with Crippen LogP contribution in [0.2, 0.25) is 0 Å². The maximum absolute atomic E-state index is 13.8. The number of methoxy groups -OCH3 is 1. The summed E-state index contributed by atoms with van der Waals surface area (Å²) in [6.07, 6.45) is 1.37. The minimum atomic E-state index is -0.731. The van der Waals surface area contributed by atoms with Crippen molar-refractivity contribution in [3.8, 4) is 23.6 Å². The molecule has 0 aliphatic rings. The number of anilines is 1. The van der Waals surface area contributed by atoms with Crippen LogP contribution in [0.25, 0.3) is 6.08 Å². The number of hydrogen-bond donors (Lipinski definition) is 1. The fraction of sp³-hybridized carbons (Fsp3) is 0.0800. The summed E-state index contributed by atoms with van der Waals surface area (Å²) in [6, 6.07) is 21.7. The van der Waals surface area contributed by atoms with Crippen molar-refractivity contribution >= 4 is 17.7 Å². The predicted molar refractivity (Wildman–Crippen MR) is 117 cm³/mol. The Hall–Kier alpha value is -4.62. The molecule has 0 heterocycles. The molecule has 0 radical (unpaired) electrons. The molecule has 0 spiro atoms. The third kappa shape index (κ3) is 5.29. The van der Waals surface area contributed by atoms with E-state index in [1.807, 2.05) is 12.1 Å². The highest BCUT2D eigenvalue weighted by Crippen LogP contribution is 2.30. The lowest BCUT2D eigenvalue weighted by Crippen LogP contribution is -2.14. The maximum atomic E-state index is 13.8. The quantitative estimate of drug-likeness (QED) is 0.430. The monoisotopic (exact) mass is 427 g/mol. The van der Waals surface area contributed by atoms with Crippen LogP contribution in [0.3, 0.4) is 0 Å². The SMILES string of the molecule is COc1cc(/C=C(\C#N)C(=O)Nc2ccccc2F)ccc1OCc1ccccc1C#N. The van der Waals surface area contributed by atoms with E-state index in [2.05, 4.69) is 11.4 Å². The standard InChI is InChI=1S/C25H18FN3O3/c1-31-24-13-17(10-11-23(24)32-16-19-7-3-2-6-18(19)14-27)12-20(15-28)25(30)29-22-9-5-4-8-21(22)26/h2-13H,16H2,1H3,(H,29,30)/b20-12+. The second-order valence-electron chi connectivity index (χ2n) is 6.57. The van der Waals surface area contributed by atoms with Crippen molar-refractivity contribution in [1.82, 2.24) is 0 Å². The lowest BCUT2D eigenvalue weighted by molar-refractivity contribution is -0.112. The molecule has 0 atom stereocenters. The molecular formula is C25H18FN3O3. The summed E-state index contributed by atoms with van der Waals surface area (Å²) in [4.78, 5) is 12.4. The summed E-state index contributed by atoms with van der Waals surface area (Å²) in [6.45, 7) is 0.170. The molecule has 0 saturated heterocycles. The first-order chi connectivity index (χ1) is 15.5. The first-order valence-corrected chi connectivity index (χ1v) is 9.52. The van der Waals surface area contributed by atoms with E-state index in [9.17, 15) is 19.7 Å². The van der Waals surface area contributed by atoms with Gasteiger partial charge in [0.2, 0.25) is 0 Å². The Morgan fingerprint density at radius 2 is 1.81 bits per heavy atom. The number of rotatable bonds is 7. The third-order valence-corrected chi connectivity index (χ3v) is 4.51. The Morgan fingerprint density at radius 3 is 2.53 bits per heavy atom. The van der Waals surface area contributed by atoms with Gasteiger partial charge in [0.25, 0.3) is 5.91 Å². The number of carbonyl (C=O) groups excluding carboxylic acids is 1. The molecule has 3 aromatic rings. The van der Waals surface area contributed by atoms with Crippen molar-refractivity contribution in [1.29, 1.82) is 10.5 Å². The first-order valence-electron chi connectivity index (χ1n) is 9.52. The number of hydrogen-bond acceptors (Lipinski definition) is 5. The zero-order valence-corrected chi connectivity index (χ0v) is 17.1. The molecule has 0 unspecified atom stereocenters. The molecule has 6 nitrogen and oxygen atoms in total. The average Bonchev–Trinajstić information content (AvgIpc) is 2.82. The van der Waals surface area contributed by atoms with Crippen LogP contribution < -0.4 is 14.8 Å². The maximum Gasteiger partial charge on any atom is 0.266 e. The minimum absolute atomic E-state index is 0.0161. The molecule has 1 amide bonds. The summed E-state index contributed by atoms with van der Waals surface area (Å²) in [7, 11) is 1.47. The van der Waals surface area contributed by atoms with Gasteiger partial charge in [-0.2, -0.15) is 10.5 Å². The molecule has 0 aliphatic carbocycles. The Balaban J connectivity index is 1.78. The highest BCUT2D eigenvalue weighted by molar-refractivity contribution is 6.09. The largest absolute Gasteiger partial charge is 0.493 e. The second-order valence-corrected chi connectivity index (χ2v) is 6.57. The Kier molecular flexibility index (Phi) is 7.19. The van der Waals surface area contributed by atoms with Gasteiger partial charge in [-0.05, 0) is 42.0 Å². The topological polar surface area (TPSA) is 95.1 Å². The van der Waals surface area contributed by atoms with E-state index in [1.165, 1.54) is 31.4 Å². The van der Waals surface area contributed by atoms with Crippen molar-refractivity contribution in [2.75, 3.05) is 12.4 Å². The smallest absolute Gasteiger partial charge is 0.266 e. The van der Waals surface area contributed by atoms with E-state index in [4.69, 9.17) is 9.47 Å². The molecule has 0 fully saturated rings. The van der Waals surface area contributed by atoms with E-state index in [0.717, 1.165) is 5.56 Å². The summed E-state index contributed by atoms with van der Waals surface area (Å²) in [5.74, 6) is -0.504. The number of halogens is 1. The number of benzene rings is 3. The van der Waals surface area contributed by atoms with Crippen molar-refractivity contribution in [3.63, 3.8) is 0 Å². The number of para-hydroxylation sites is 1. The van der Waals surface area contributed by atoms with Gasteiger partial charge in [0.15, 0.2) is 11.5 Å². The number of nitrogens with one attached hydrogen (secondary N) is 1. The minimum Gasteiger partial charge on any atom is -0.493 e. The van der Waals surface area contributed by atoms with Crippen molar-refractivity contribution in [3.05, 3.63) is 94.8 Å². The molecular weight excluding hydrogens is 409 g/mol. The molecule has 158 valence electrons. The summed E-state index contributed by atoms with van der Waals surface area (Å²) in [5.41, 5.74) is 1.56. The normalized spacial score (nSPS) is 10.6. The van der Waals surface area contributed by atoms with Gasteiger partial charge in [0.05, 0.1) is 24.4 Å². The summed E-state index contributed by atoms with van der Waals surface area (Å²) in [5, 5.41) is 21.0. The van der Waals surface area contributed by atoms with Gasteiger partial charge in [-0.25, -0.2) is 4.39 Å². The molecule has 7 heteroatoms. The Labute approximate surface area is 184 Å². The van der Waals surface area contributed by atoms with Crippen molar-refractivity contribution in [2.24, 2.45) is 0 Å². The van der Waals surface area contributed by atoms with Gasteiger partial charge in [-0.1, -0.05) is 36.4 Å². The number of ether oxygens (including phenoxy) is 2. The Bertz CT molecular complexity index is 1260. The van der Waals surface area contributed by atoms with Crippen LogP contribution >= 0.6 is 0 Å². The highest BCUT2D eigenvalue weighted by Gasteiger charge is 2.13. The zero-order valence-electron chi connectivity index (χ0n) is 17.1. The lowest BCUT2D eigenvalue weighted by Gasteiger charge is -2.12. The Morgan fingerprint density at radius 1 is 1.06 bits per heavy atom. The van der Waals surface area contributed by atoms with Crippen molar-refractivity contribution < 1.29 is 18.7 Å². The number of amides is 1. The van der Waals surface area contributed by atoms with Gasteiger partial charge in [-0.15, -0.1) is 0 Å². The fourth-order valence-electron chi connectivity index (χ4n) is 2.87. The van der Waals surface area contributed by atoms with E-state index in [1.54, 1.807) is 42.5 Å². The fourth-order valence-corrected chi connectivity index (χ4v) is 2.87. The van der Waals surface area contributed by atoms with Crippen LogP contribution in [0.15, 0.2) is 72.3 Å². The van der Waals surface area contributed by atoms with Crippen LogP contribution in [0.5, 0.6) is 11.5 Å². The number of nitriles is 2. The van der Waals surface area contributed by atoms with Crippen LogP contribution in [-0.4, -0.2) is 13.0 Å². The molecule has 0 bridgehead atoms. The summed E-state index contributed by atoms with van der Waals surface area (Å²) >= 11 is 0. The van der Waals surface area contributed by atoms with E-state index >= 15 is 0 Å². The van der Waals surface area contributed by atoms with Crippen molar-refractivity contribution in [2.45, 2.75) is 6.61 Å². The molecule has 0 aromatic heterocycles. The average molecular weight is 427 g/mol. The van der Waals surface area contributed by atoms with Crippen LogP contribution in [0, 0.1) is 28.5 Å². The van der Waals surface area contributed by atoms with Gasteiger partial charge >= 0.3 is 0 Å². The summed E-state index contributed by atoms with van der Waals surface area (Å²) < 4.78 is 24.9. The molecule has 3 rings (SSSR count). The van der Waals surface area contributed by atoms with Gasteiger partial charge < -0.3 is 14.8 Å². The first kappa shape index (κ1) is 22.1.